The van der Waals surface area contributed by atoms with Crippen LogP contribution in [0, 0.1) is 0 Å². The van der Waals surface area contributed by atoms with Gasteiger partial charge < -0.3 is 15.8 Å². The molecule has 0 radical (unpaired) electrons. The van der Waals surface area contributed by atoms with Gasteiger partial charge in [0.25, 0.3) is 0 Å². The Bertz CT molecular complexity index is 349. The zero-order chi connectivity index (χ0) is 10.8. The van der Waals surface area contributed by atoms with Gasteiger partial charge in [0.2, 0.25) is 0 Å². The van der Waals surface area contributed by atoms with Crippen molar-refractivity contribution in [3.8, 4) is 5.75 Å². The maximum Gasteiger partial charge on any atom is 0.119 e. The third kappa shape index (κ3) is 2.23. The van der Waals surface area contributed by atoms with Crippen LogP contribution in [0.2, 0.25) is 0 Å². The molecule has 3 heteroatoms. The van der Waals surface area contributed by atoms with Crippen LogP contribution < -0.4 is 15.8 Å². The first kappa shape index (κ1) is 10.3. The Balaban J connectivity index is 2.09. The van der Waals surface area contributed by atoms with Crippen LogP contribution in [-0.4, -0.2) is 19.2 Å². The van der Waals surface area contributed by atoms with E-state index in [1.54, 1.807) is 7.11 Å². The van der Waals surface area contributed by atoms with Gasteiger partial charge in [-0.3, -0.25) is 0 Å². The van der Waals surface area contributed by atoms with Crippen molar-refractivity contribution in [1.29, 1.82) is 0 Å². The third-order valence-corrected chi connectivity index (χ3v) is 2.79. The largest absolute Gasteiger partial charge is 0.497 e. The van der Waals surface area contributed by atoms with Crippen LogP contribution in [0.15, 0.2) is 18.2 Å². The molecule has 1 aliphatic rings. The highest BCUT2D eigenvalue weighted by Crippen LogP contribution is 2.30. The number of methoxy groups -OCH3 is 1. The summed E-state index contributed by atoms with van der Waals surface area (Å²) in [5, 5.41) is 3.48. The monoisotopic (exact) mass is 206 g/mol. The standard InChI is InChI=1S/C12H18N2O/c1-8(13)5-10-6-9-7-11(15-2)3-4-12(9)14-10/h3-4,7-8,10,14H,5-6,13H2,1-2H3. The quantitative estimate of drug-likeness (QED) is 0.792. The smallest absolute Gasteiger partial charge is 0.119 e. The summed E-state index contributed by atoms with van der Waals surface area (Å²) < 4.78 is 5.20. The molecule has 0 bridgehead atoms. The maximum atomic E-state index is 5.80. The Morgan fingerprint density at radius 1 is 1.60 bits per heavy atom. The topological polar surface area (TPSA) is 47.3 Å². The van der Waals surface area contributed by atoms with Gasteiger partial charge in [0.1, 0.15) is 5.75 Å². The second-order valence-electron chi connectivity index (χ2n) is 4.28. The molecule has 0 fully saturated rings. The molecule has 1 aromatic carbocycles. The number of nitrogens with two attached hydrogens (primary N) is 1. The van der Waals surface area contributed by atoms with E-state index in [0.717, 1.165) is 18.6 Å². The predicted octanol–water partition coefficient (Wildman–Crippen LogP) is 1.77. The molecule has 1 aliphatic heterocycles. The van der Waals surface area contributed by atoms with Crippen molar-refractivity contribution in [3.63, 3.8) is 0 Å². The fourth-order valence-electron chi connectivity index (χ4n) is 2.13. The lowest BCUT2D eigenvalue weighted by molar-refractivity contribution is 0.414. The van der Waals surface area contributed by atoms with Crippen molar-refractivity contribution in [2.24, 2.45) is 5.73 Å². The molecule has 0 amide bonds. The zero-order valence-corrected chi connectivity index (χ0v) is 9.29. The van der Waals surface area contributed by atoms with Gasteiger partial charge in [0, 0.05) is 17.8 Å². The van der Waals surface area contributed by atoms with Gasteiger partial charge in [-0.1, -0.05) is 0 Å². The van der Waals surface area contributed by atoms with Crippen LogP contribution in [0.25, 0.3) is 0 Å². The minimum atomic E-state index is 0.249. The average Bonchev–Trinajstić information content (AvgIpc) is 2.57. The zero-order valence-electron chi connectivity index (χ0n) is 9.29. The number of rotatable bonds is 3. The van der Waals surface area contributed by atoms with Gasteiger partial charge in [0.15, 0.2) is 0 Å². The molecule has 0 spiro atoms. The minimum Gasteiger partial charge on any atom is -0.497 e. The summed E-state index contributed by atoms with van der Waals surface area (Å²) in [6.45, 7) is 2.05. The first-order valence-corrected chi connectivity index (χ1v) is 5.38. The molecular weight excluding hydrogens is 188 g/mol. The number of benzene rings is 1. The van der Waals surface area contributed by atoms with Crippen LogP contribution in [-0.2, 0) is 6.42 Å². The Morgan fingerprint density at radius 3 is 3.07 bits per heavy atom. The lowest BCUT2D eigenvalue weighted by atomic mass is 10.0. The van der Waals surface area contributed by atoms with E-state index in [-0.39, 0.29) is 6.04 Å². The molecule has 1 aromatic rings. The van der Waals surface area contributed by atoms with Crippen LogP contribution in [0.4, 0.5) is 5.69 Å². The van der Waals surface area contributed by atoms with E-state index in [2.05, 4.69) is 17.4 Å². The van der Waals surface area contributed by atoms with Gasteiger partial charge in [0.05, 0.1) is 7.11 Å². The Kier molecular flexibility index (Phi) is 2.82. The van der Waals surface area contributed by atoms with Gasteiger partial charge in [-0.15, -0.1) is 0 Å². The number of hydrogen-bond donors (Lipinski definition) is 2. The number of anilines is 1. The Labute approximate surface area is 90.6 Å². The molecule has 2 unspecified atom stereocenters. The molecule has 3 nitrogen and oxygen atoms in total. The molecule has 82 valence electrons. The highest BCUT2D eigenvalue weighted by atomic mass is 16.5. The van der Waals surface area contributed by atoms with E-state index in [1.165, 1.54) is 11.3 Å². The first-order valence-electron chi connectivity index (χ1n) is 5.38. The van der Waals surface area contributed by atoms with Crippen molar-refractivity contribution in [3.05, 3.63) is 23.8 Å². The summed E-state index contributed by atoms with van der Waals surface area (Å²) in [4.78, 5) is 0. The summed E-state index contributed by atoms with van der Waals surface area (Å²) in [6.07, 6.45) is 2.06. The molecule has 15 heavy (non-hydrogen) atoms. The highest BCUT2D eigenvalue weighted by molar-refractivity contribution is 5.59. The summed E-state index contributed by atoms with van der Waals surface area (Å²) in [5.41, 5.74) is 8.36. The van der Waals surface area contributed by atoms with E-state index in [1.807, 2.05) is 13.0 Å². The number of nitrogens with one attached hydrogen (secondary N) is 1. The van der Waals surface area contributed by atoms with Crippen molar-refractivity contribution in [1.82, 2.24) is 0 Å². The molecule has 2 rings (SSSR count). The number of hydrogen-bond acceptors (Lipinski definition) is 3. The highest BCUT2D eigenvalue weighted by Gasteiger charge is 2.21. The molecule has 3 N–H and O–H groups in total. The van der Waals surface area contributed by atoms with Crippen LogP contribution >= 0.6 is 0 Å². The summed E-state index contributed by atoms with van der Waals surface area (Å²) >= 11 is 0. The van der Waals surface area contributed by atoms with Gasteiger partial charge in [-0.25, -0.2) is 0 Å². The molecular formula is C12H18N2O. The molecule has 2 atom stereocenters. The molecule has 0 aliphatic carbocycles. The fraction of sp³-hybridized carbons (Fsp3) is 0.500. The number of fused-ring (bicyclic) bond motifs is 1. The van der Waals surface area contributed by atoms with E-state index < -0.39 is 0 Å². The van der Waals surface area contributed by atoms with Crippen LogP contribution in [0.5, 0.6) is 5.75 Å². The summed E-state index contributed by atoms with van der Waals surface area (Å²) in [7, 11) is 1.70. The van der Waals surface area contributed by atoms with E-state index in [0.29, 0.717) is 6.04 Å². The third-order valence-electron chi connectivity index (χ3n) is 2.79. The Morgan fingerprint density at radius 2 is 2.40 bits per heavy atom. The first-order chi connectivity index (χ1) is 7.19. The van der Waals surface area contributed by atoms with E-state index in [4.69, 9.17) is 10.5 Å². The second kappa shape index (κ2) is 4.11. The van der Waals surface area contributed by atoms with Crippen molar-refractivity contribution in [2.45, 2.75) is 31.8 Å². The van der Waals surface area contributed by atoms with E-state index >= 15 is 0 Å². The lowest BCUT2D eigenvalue weighted by Crippen LogP contribution is -2.26. The Hall–Kier alpha value is -1.22. The summed E-state index contributed by atoms with van der Waals surface area (Å²) in [5.74, 6) is 0.928. The molecule has 0 saturated carbocycles. The van der Waals surface area contributed by atoms with Gasteiger partial charge in [-0.05, 0) is 43.5 Å². The maximum absolute atomic E-state index is 5.80. The lowest BCUT2D eigenvalue weighted by Gasteiger charge is -2.13. The van der Waals surface area contributed by atoms with Crippen molar-refractivity contribution < 1.29 is 4.74 Å². The van der Waals surface area contributed by atoms with Gasteiger partial charge in [-0.2, -0.15) is 0 Å². The van der Waals surface area contributed by atoms with Crippen molar-refractivity contribution >= 4 is 5.69 Å². The number of ether oxygens (including phenoxy) is 1. The van der Waals surface area contributed by atoms with Crippen molar-refractivity contribution in [2.75, 3.05) is 12.4 Å². The van der Waals surface area contributed by atoms with Gasteiger partial charge >= 0.3 is 0 Å². The predicted molar refractivity (Wildman–Crippen MR) is 62.4 cm³/mol. The van der Waals surface area contributed by atoms with E-state index in [9.17, 15) is 0 Å². The SMILES string of the molecule is COc1ccc2c(c1)CC(CC(C)N)N2. The fourth-order valence-corrected chi connectivity index (χ4v) is 2.13. The molecule has 0 saturated heterocycles. The normalized spacial score (nSPS) is 20.6. The molecule has 1 heterocycles. The molecule has 0 aromatic heterocycles. The van der Waals surface area contributed by atoms with Crippen LogP contribution in [0.3, 0.4) is 0 Å². The summed E-state index contributed by atoms with van der Waals surface area (Å²) in [6, 6.07) is 6.89. The minimum absolute atomic E-state index is 0.249. The van der Waals surface area contributed by atoms with Crippen LogP contribution in [0.1, 0.15) is 18.9 Å². The average molecular weight is 206 g/mol. The second-order valence-corrected chi connectivity index (χ2v) is 4.28.